The summed E-state index contributed by atoms with van der Waals surface area (Å²) in [4.78, 5) is 23.5. The molecule has 4 rings (SSSR count). The number of carbonyl (C=O) groups is 2. The number of rotatable bonds is 5. The van der Waals surface area contributed by atoms with E-state index in [0.29, 0.717) is 30.2 Å². The lowest BCUT2D eigenvalue weighted by Crippen LogP contribution is -2.39. The van der Waals surface area contributed by atoms with Gasteiger partial charge in [-0.3, -0.25) is 4.79 Å². The van der Waals surface area contributed by atoms with Gasteiger partial charge in [0.25, 0.3) is 0 Å². The number of nitrogens with zero attached hydrogens (tertiary/aromatic N) is 1. The van der Waals surface area contributed by atoms with Gasteiger partial charge in [-0.2, -0.15) is 0 Å². The van der Waals surface area contributed by atoms with Crippen molar-refractivity contribution < 1.29 is 23.8 Å². The second-order valence-corrected chi connectivity index (χ2v) is 7.21. The molecule has 1 aliphatic rings. The zero-order chi connectivity index (χ0) is 20.4. The summed E-state index contributed by atoms with van der Waals surface area (Å²) in [6.07, 6.45) is 1.26. The van der Waals surface area contributed by atoms with E-state index in [1.54, 1.807) is 10.6 Å². The van der Waals surface area contributed by atoms with Crippen molar-refractivity contribution in [3.63, 3.8) is 0 Å². The first-order valence-electron chi connectivity index (χ1n) is 9.50. The summed E-state index contributed by atoms with van der Waals surface area (Å²) in [7, 11) is 0. The summed E-state index contributed by atoms with van der Waals surface area (Å²) >= 11 is 0. The van der Waals surface area contributed by atoms with E-state index in [1.165, 1.54) is 12.1 Å². The molecule has 1 aromatic heterocycles. The Bertz CT molecular complexity index is 1060. The molecule has 1 heterocycles. The number of halogens is 1. The third-order valence-corrected chi connectivity index (χ3v) is 5.26. The predicted octanol–water partition coefficient (Wildman–Crippen LogP) is 3.65. The predicted molar refractivity (Wildman–Crippen MR) is 105 cm³/mol. The van der Waals surface area contributed by atoms with E-state index in [-0.39, 0.29) is 25.0 Å². The number of hydrogen-bond acceptors (Lipinski definition) is 3. The molecule has 0 bridgehead atoms. The van der Waals surface area contributed by atoms with Crippen molar-refractivity contribution in [1.29, 1.82) is 0 Å². The van der Waals surface area contributed by atoms with Gasteiger partial charge in [0, 0.05) is 22.6 Å². The Balaban J connectivity index is 1.50. The Morgan fingerprint density at radius 1 is 1.21 bits per heavy atom. The molecule has 1 atom stereocenters. The summed E-state index contributed by atoms with van der Waals surface area (Å²) in [6, 6.07) is 13.6. The number of fused-ring (bicyclic) bond motifs is 3. The smallest absolute Gasteiger partial charge is 0.407 e. The van der Waals surface area contributed by atoms with Gasteiger partial charge in [0.1, 0.15) is 19.0 Å². The van der Waals surface area contributed by atoms with Crippen LogP contribution in [0.15, 0.2) is 48.5 Å². The second-order valence-electron chi connectivity index (χ2n) is 7.21. The van der Waals surface area contributed by atoms with Gasteiger partial charge in [-0.15, -0.1) is 0 Å². The maximum Gasteiger partial charge on any atom is 0.407 e. The monoisotopic (exact) mass is 396 g/mol. The molecule has 0 radical (unpaired) electrons. The second kappa shape index (κ2) is 7.95. The molecule has 1 aliphatic carbocycles. The highest BCUT2D eigenvalue weighted by Crippen LogP contribution is 2.33. The summed E-state index contributed by atoms with van der Waals surface area (Å²) < 4.78 is 20.9. The lowest BCUT2D eigenvalue weighted by molar-refractivity contribution is -0.137. The molecule has 0 saturated carbocycles. The lowest BCUT2D eigenvalue weighted by Gasteiger charge is -2.24. The van der Waals surface area contributed by atoms with Crippen LogP contribution >= 0.6 is 0 Å². The van der Waals surface area contributed by atoms with E-state index < -0.39 is 12.1 Å². The largest absolute Gasteiger partial charge is 0.480 e. The van der Waals surface area contributed by atoms with Gasteiger partial charge in [-0.1, -0.05) is 30.3 Å². The molecular formula is C22H21FN2O4. The van der Waals surface area contributed by atoms with Crippen LogP contribution in [0.1, 0.15) is 23.2 Å². The molecule has 29 heavy (non-hydrogen) atoms. The number of nitrogens with one attached hydrogen (secondary N) is 1. The van der Waals surface area contributed by atoms with Crippen molar-refractivity contribution in [2.24, 2.45) is 0 Å². The fourth-order valence-electron chi connectivity index (χ4n) is 3.99. The number of amides is 1. The minimum absolute atomic E-state index is 0.155. The standard InChI is InChI=1S/C22H21FN2O4/c23-15-6-8-19-17(10-15)18-11-16(7-9-20(18)25(19)12-21(26)27)24-22(28)29-13-14-4-2-1-3-5-14/h1-6,8,10,16H,7,9,11-13H2,(H,24,28)(H,26,27)/t16-/m1/s1. The van der Waals surface area contributed by atoms with E-state index in [4.69, 9.17) is 4.74 Å². The molecule has 2 N–H and O–H groups in total. The highest BCUT2D eigenvalue weighted by molar-refractivity contribution is 5.87. The minimum Gasteiger partial charge on any atom is -0.480 e. The first-order chi connectivity index (χ1) is 14.0. The summed E-state index contributed by atoms with van der Waals surface area (Å²) in [5, 5.41) is 12.8. The van der Waals surface area contributed by atoms with Crippen molar-refractivity contribution in [2.45, 2.75) is 38.5 Å². The topological polar surface area (TPSA) is 80.6 Å². The van der Waals surface area contributed by atoms with Crippen LogP contribution in [0.5, 0.6) is 0 Å². The summed E-state index contributed by atoms with van der Waals surface area (Å²) in [5.74, 6) is -1.32. The first kappa shape index (κ1) is 19.0. The van der Waals surface area contributed by atoms with Crippen molar-refractivity contribution in [1.82, 2.24) is 9.88 Å². The number of ether oxygens (including phenoxy) is 1. The van der Waals surface area contributed by atoms with Gasteiger partial charge in [0.2, 0.25) is 0 Å². The van der Waals surface area contributed by atoms with Gasteiger partial charge < -0.3 is 19.7 Å². The van der Waals surface area contributed by atoms with E-state index in [9.17, 15) is 19.1 Å². The highest BCUT2D eigenvalue weighted by Gasteiger charge is 2.27. The quantitative estimate of drug-likeness (QED) is 0.690. The van der Waals surface area contributed by atoms with Gasteiger partial charge in [-0.25, -0.2) is 9.18 Å². The van der Waals surface area contributed by atoms with E-state index in [0.717, 1.165) is 16.8 Å². The van der Waals surface area contributed by atoms with E-state index >= 15 is 0 Å². The average molecular weight is 396 g/mol. The van der Waals surface area contributed by atoms with Gasteiger partial charge in [0.05, 0.1) is 0 Å². The normalized spacial score (nSPS) is 15.7. The summed E-state index contributed by atoms with van der Waals surface area (Å²) in [5.41, 5.74) is 3.39. The molecule has 0 fully saturated rings. The fourth-order valence-corrected chi connectivity index (χ4v) is 3.99. The van der Waals surface area contributed by atoms with Crippen molar-refractivity contribution in [3.8, 4) is 0 Å². The molecule has 0 saturated heterocycles. The van der Waals surface area contributed by atoms with E-state index in [2.05, 4.69) is 5.32 Å². The number of aromatic nitrogens is 1. The molecule has 0 spiro atoms. The number of carbonyl (C=O) groups excluding carboxylic acids is 1. The Kier molecular flexibility index (Phi) is 5.20. The Morgan fingerprint density at radius 2 is 2.00 bits per heavy atom. The Hall–Kier alpha value is -3.35. The number of benzene rings is 2. The lowest BCUT2D eigenvalue weighted by atomic mass is 9.91. The summed E-state index contributed by atoms with van der Waals surface area (Å²) in [6.45, 7) is 0.0163. The van der Waals surface area contributed by atoms with Crippen LogP contribution in [0.3, 0.4) is 0 Å². The van der Waals surface area contributed by atoms with Gasteiger partial charge in [0.15, 0.2) is 0 Å². The third kappa shape index (κ3) is 4.08. The van der Waals surface area contributed by atoms with Crippen LogP contribution in [0.4, 0.5) is 9.18 Å². The van der Waals surface area contributed by atoms with Crippen LogP contribution in [-0.2, 0) is 35.5 Å². The molecule has 7 heteroatoms. The number of carboxylic acids is 1. The van der Waals surface area contributed by atoms with Crippen LogP contribution in [0.25, 0.3) is 10.9 Å². The van der Waals surface area contributed by atoms with Gasteiger partial charge in [-0.05, 0) is 48.6 Å². The zero-order valence-corrected chi connectivity index (χ0v) is 15.7. The highest BCUT2D eigenvalue weighted by atomic mass is 19.1. The SMILES string of the molecule is O=C(O)Cn1c2c(c3cc(F)ccc31)C[C@H](NC(=O)OCc1ccccc1)CC2. The van der Waals surface area contributed by atoms with Crippen LogP contribution in [0.2, 0.25) is 0 Å². The first-order valence-corrected chi connectivity index (χ1v) is 9.50. The van der Waals surface area contributed by atoms with Crippen molar-refractivity contribution >= 4 is 23.0 Å². The number of carboxylic acid groups (broad SMARTS) is 1. The maximum absolute atomic E-state index is 13.8. The number of aliphatic carboxylic acids is 1. The van der Waals surface area contributed by atoms with Crippen molar-refractivity contribution in [2.75, 3.05) is 0 Å². The van der Waals surface area contributed by atoms with E-state index in [1.807, 2.05) is 30.3 Å². The molecule has 0 unspecified atom stereocenters. The van der Waals surface area contributed by atoms with Crippen LogP contribution in [0, 0.1) is 5.82 Å². The van der Waals surface area contributed by atoms with Crippen LogP contribution in [-0.4, -0.2) is 27.8 Å². The van der Waals surface area contributed by atoms with Crippen LogP contribution < -0.4 is 5.32 Å². The molecule has 2 aromatic carbocycles. The average Bonchev–Trinajstić information content (AvgIpc) is 2.99. The van der Waals surface area contributed by atoms with Gasteiger partial charge >= 0.3 is 12.1 Å². The third-order valence-electron chi connectivity index (χ3n) is 5.26. The molecule has 0 aliphatic heterocycles. The fraction of sp³-hybridized carbons (Fsp3) is 0.273. The molecular weight excluding hydrogens is 375 g/mol. The molecule has 6 nitrogen and oxygen atoms in total. The Labute approximate surface area is 166 Å². The zero-order valence-electron chi connectivity index (χ0n) is 15.7. The molecule has 150 valence electrons. The Morgan fingerprint density at radius 3 is 2.76 bits per heavy atom. The molecule has 3 aromatic rings. The minimum atomic E-state index is -0.946. The molecule has 1 amide bonds. The number of hydrogen-bond donors (Lipinski definition) is 2. The number of alkyl carbamates (subject to hydrolysis) is 1. The van der Waals surface area contributed by atoms with Crippen molar-refractivity contribution in [3.05, 3.63) is 71.2 Å². The maximum atomic E-state index is 13.8.